The van der Waals surface area contributed by atoms with Crippen LogP contribution in [0.1, 0.15) is 0 Å². The molecule has 4 heteroatoms. The van der Waals surface area contributed by atoms with Crippen LogP contribution in [0.3, 0.4) is 0 Å². The van der Waals surface area contributed by atoms with Crippen LogP contribution in [0.25, 0.3) is 0 Å². The molecule has 0 bridgehead atoms. The maximum Gasteiger partial charge on any atom is 0.0544 e. The van der Waals surface area contributed by atoms with Gasteiger partial charge in [0.2, 0.25) is 0 Å². The van der Waals surface area contributed by atoms with Gasteiger partial charge in [0.25, 0.3) is 0 Å². The second-order valence-electron chi connectivity index (χ2n) is 0.988. The number of rotatable bonds is 1. The van der Waals surface area contributed by atoms with E-state index in [0.717, 1.165) is 5.75 Å². The van der Waals surface area contributed by atoms with Gasteiger partial charge in [0, 0.05) is 24.9 Å². The number of hydrogen-bond donors (Lipinski definition) is 0. The van der Waals surface area contributed by atoms with E-state index >= 15 is 0 Å². The summed E-state index contributed by atoms with van der Waals surface area (Å²) < 4.78 is 1.49. The van der Waals surface area contributed by atoms with Crippen LogP contribution >= 0.6 is 11.9 Å². The Morgan fingerprint density at radius 1 is 2.00 bits per heavy atom. The molecule has 0 amide bonds. The fourth-order valence-corrected chi connectivity index (χ4v) is 0.796. The molecule has 0 atom stereocenters. The highest BCUT2D eigenvalue weighted by Crippen LogP contribution is 2.13. The van der Waals surface area contributed by atoms with E-state index in [-0.39, 0.29) is 0 Å². The molecule has 0 aromatic heterocycles. The van der Waals surface area contributed by atoms with E-state index in [9.17, 15) is 0 Å². The van der Waals surface area contributed by atoms with Crippen LogP contribution in [0.2, 0.25) is 0 Å². The van der Waals surface area contributed by atoms with Crippen molar-refractivity contribution in [2.24, 2.45) is 10.2 Å². The van der Waals surface area contributed by atoms with Crippen molar-refractivity contribution in [3.63, 3.8) is 0 Å². The predicted molar refractivity (Wildman–Crippen MR) is 32.3 cm³/mol. The van der Waals surface area contributed by atoms with Crippen molar-refractivity contribution in [3.8, 4) is 0 Å². The van der Waals surface area contributed by atoms with E-state index in [1.165, 1.54) is 16.5 Å². The summed E-state index contributed by atoms with van der Waals surface area (Å²) in [6.07, 6.45) is 1.79. The average Bonchev–Trinajstić information content (AvgIpc) is 2.14. The zero-order valence-electron chi connectivity index (χ0n) is 3.74. The molecule has 1 aliphatic rings. The van der Waals surface area contributed by atoms with Crippen LogP contribution in [0.4, 0.5) is 0 Å². The minimum Gasteiger partial charge on any atom is -0.160 e. The Balaban J connectivity index is 2.42. The molecule has 0 unspecified atom stereocenters. The van der Waals surface area contributed by atoms with Crippen molar-refractivity contribution in [1.82, 2.24) is 4.52 Å². The summed E-state index contributed by atoms with van der Waals surface area (Å²) in [5.74, 6) is 0.916. The molecule has 7 heavy (non-hydrogen) atoms. The van der Waals surface area contributed by atoms with Gasteiger partial charge < -0.3 is 0 Å². The van der Waals surface area contributed by atoms with Gasteiger partial charge in [-0.25, -0.2) is 0 Å². The van der Waals surface area contributed by atoms with Crippen LogP contribution in [-0.4, -0.2) is 23.2 Å². The molecule has 3 nitrogen and oxygen atoms in total. The van der Waals surface area contributed by atoms with Crippen molar-refractivity contribution in [2.45, 2.75) is 0 Å². The molecule has 0 spiro atoms. The third-order valence-electron chi connectivity index (χ3n) is 0.566. The normalized spacial score (nSPS) is 18.0. The number of hydrazone groups is 2. The molecule has 1 aliphatic heterocycles. The Morgan fingerprint density at radius 3 is 3.14 bits per heavy atom. The first-order chi connectivity index (χ1) is 3.43. The minimum absolute atomic E-state index is 0.916. The quantitative estimate of drug-likeness (QED) is 0.369. The van der Waals surface area contributed by atoms with E-state index in [0.29, 0.717) is 0 Å². The third kappa shape index (κ3) is 0.928. The topological polar surface area (TPSA) is 28.0 Å². The van der Waals surface area contributed by atoms with Gasteiger partial charge in [0.15, 0.2) is 0 Å². The Bertz CT molecular complexity index is 100. The Labute approximate surface area is 46.2 Å². The molecule has 0 saturated carbocycles. The Hall–Kier alpha value is -0.510. The van der Waals surface area contributed by atoms with Gasteiger partial charge in [-0.15, -0.1) is 4.52 Å². The Kier molecular flexibility index (Phi) is 1.31. The first-order valence-electron chi connectivity index (χ1n) is 1.85. The van der Waals surface area contributed by atoms with Crippen molar-refractivity contribution in [3.05, 3.63) is 0 Å². The van der Waals surface area contributed by atoms with E-state index < -0.39 is 0 Å². The van der Waals surface area contributed by atoms with Gasteiger partial charge in [0.05, 0.1) is 5.75 Å². The number of hydrogen-bond acceptors (Lipinski definition) is 4. The largest absolute Gasteiger partial charge is 0.160 e. The summed E-state index contributed by atoms with van der Waals surface area (Å²) in [5.41, 5.74) is 0. The number of nitrogens with zero attached hydrogens (tertiary/aromatic N) is 3. The van der Waals surface area contributed by atoms with Crippen molar-refractivity contribution < 1.29 is 0 Å². The van der Waals surface area contributed by atoms with Crippen LogP contribution in [0, 0.1) is 0 Å². The smallest absolute Gasteiger partial charge is 0.0544 e. The summed E-state index contributed by atoms with van der Waals surface area (Å²) in [6.45, 7) is 3.28. The van der Waals surface area contributed by atoms with Gasteiger partial charge in [-0.2, -0.15) is 10.2 Å². The maximum absolute atomic E-state index is 3.80. The highest BCUT2D eigenvalue weighted by molar-refractivity contribution is 7.97. The molecule has 0 saturated heterocycles. The molecule has 0 radical (unpaired) electrons. The van der Waals surface area contributed by atoms with E-state index in [1.54, 1.807) is 6.21 Å². The zero-order chi connectivity index (χ0) is 5.11. The fourth-order valence-electron chi connectivity index (χ4n) is 0.314. The molecule has 0 N–H and O–H groups in total. The standard InChI is InChI=1S/C3H5N3S/c1-4-6-5-2-3-7-6/h2H,1,3H2. The highest BCUT2D eigenvalue weighted by atomic mass is 32.2. The fraction of sp³-hybridized carbons (Fsp3) is 0.333. The van der Waals surface area contributed by atoms with Gasteiger partial charge in [0.1, 0.15) is 0 Å². The van der Waals surface area contributed by atoms with Crippen molar-refractivity contribution in [1.29, 1.82) is 0 Å². The molecule has 0 aliphatic carbocycles. The monoisotopic (exact) mass is 115 g/mol. The average molecular weight is 115 g/mol. The summed E-state index contributed by atoms with van der Waals surface area (Å²) in [7, 11) is 0. The molecule has 0 fully saturated rings. The summed E-state index contributed by atoms with van der Waals surface area (Å²) in [5, 5.41) is 7.33. The van der Waals surface area contributed by atoms with Crippen molar-refractivity contribution >= 4 is 24.9 Å². The van der Waals surface area contributed by atoms with Gasteiger partial charge in [-0.05, 0) is 0 Å². The molecule has 1 heterocycles. The van der Waals surface area contributed by atoms with Gasteiger partial charge in [-0.3, -0.25) is 0 Å². The van der Waals surface area contributed by atoms with E-state index in [2.05, 4.69) is 16.9 Å². The third-order valence-corrected chi connectivity index (χ3v) is 1.30. The van der Waals surface area contributed by atoms with E-state index in [1.807, 2.05) is 0 Å². The lowest BCUT2D eigenvalue weighted by Gasteiger charge is -1.98. The van der Waals surface area contributed by atoms with Gasteiger partial charge in [-0.1, -0.05) is 0 Å². The summed E-state index contributed by atoms with van der Waals surface area (Å²) >= 11 is 1.52. The molecular formula is C3H5N3S. The lowest BCUT2D eigenvalue weighted by Crippen LogP contribution is -1.89. The van der Waals surface area contributed by atoms with Crippen LogP contribution in [-0.2, 0) is 0 Å². The van der Waals surface area contributed by atoms with Crippen LogP contribution in [0.15, 0.2) is 10.2 Å². The molecule has 0 aromatic rings. The lowest BCUT2D eigenvalue weighted by atomic mass is 10.9. The second kappa shape index (κ2) is 1.97. The first-order valence-corrected chi connectivity index (χ1v) is 2.80. The zero-order valence-corrected chi connectivity index (χ0v) is 4.56. The second-order valence-corrected chi connectivity index (χ2v) is 1.91. The molecule has 38 valence electrons. The van der Waals surface area contributed by atoms with Crippen LogP contribution in [0.5, 0.6) is 0 Å². The SMILES string of the molecule is C=NN1N=CCS1. The highest BCUT2D eigenvalue weighted by Gasteiger charge is 2.00. The molecule has 1 rings (SSSR count). The van der Waals surface area contributed by atoms with Crippen molar-refractivity contribution in [2.75, 3.05) is 5.75 Å². The molecule has 0 aromatic carbocycles. The van der Waals surface area contributed by atoms with Crippen LogP contribution < -0.4 is 0 Å². The summed E-state index contributed by atoms with van der Waals surface area (Å²) in [4.78, 5) is 0. The minimum atomic E-state index is 0.916. The Morgan fingerprint density at radius 2 is 2.86 bits per heavy atom. The maximum atomic E-state index is 3.80. The predicted octanol–water partition coefficient (Wildman–Crippen LogP) is 0.552. The summed E-state index contributed by atoms with van der Waals surface area (Å²) in [6, 6.07) is 0. The molecular weight excluding hydrogens is 110 g/mol. The van der Waals surface area contributed by atoms with Gasteiger partial charge >= 0.3 is 0 Å². The lowest BCUT2D eigenvalue weighted by molar-refractivity contribution is 0.558. The van der Waals surface area contributed by atoms with E-state index in [4.69, 9.17) is 0 Å². The first kappa shape index (κ1) is 4.64.